The fraction of sp³-hybridized carbons (Fsp3) is 0.929. The van der Waals surface area contributed by atoms with Crippen LogP contribution >= 0.6 is 0 Å². The van der Waals surface area contributed by atoms with Crippen LogP contribution in [0.3, 0.4) is 0 Å². The maximum absolute atomic E-state index is 12.7. The van der Waals surface area contributed by atoms with Crippen molar-refractivity contribution in [2.45, 2.75) is 62.5 Å². The standard InChI is InChI=1S/C14H29BN4O6S/c1-10(13(16)5-3-6-13)18-26(24,25)19-8-11(4-2-7-15(22)23)14(17,9-19)12(20)21/h10-11,18,22-23H,2-9,16-17H2,1H3,(H,20,21)/t10-,11-,14-/m0/s1. The molecule has 1 saturated heterocycles. The van der Waals surface area contributed by atoms with Gasteiger partial charge in [0.1, 0.15) is 5.54 Å². The molecule has 2 fully saturated rings. The number of carboxylic acids is 1. The van der Waals surface area contributed by atoms with Gasteiger partial charge in [-0.1, -0.05) is 6.42 Å². The largest absolute Gasteiger partial charge is 0.480 e. The Bertz CT molecular complexity index is 629. The van der Waals surface area contributed by atoms with E-state index >= 15 is 0 Å². The Hall–Kier alpha value is -0.755. The van der Waals surface area contributed by atoms with Gasteiger partial charge in [-0.3, -0.25) is 4.79 Å². The normalized spacial score (nSPS) is 30.0. The number of carbonyl (C=O) groups is 1. The molecule has 2 aliphatic rings. The van der Waals surface area contributed by atoms with Crippen molar-refractivity contribution in [2.75, 3.05) is 13.1 Å². The fourth-order valence-corrected chi connectivity index (χ4v) is 5.24. The van der Waals surface area contributed by atoms with Crippen LogP contribution in [-0.2, 0) is 15.0 Å². The van der Waals surface area contributed by atoms with Crippen molar-refractivity contribution < 1.29 is 28.4 Å². The molecule has 1 saturated carbocycles. The quantitative estimate of drug-likeness (QED) is 0.245. The molecule has 1 aliphatic carbocycles. The first kappa shape index (κ1) is 21.5. The Morgan fingerprint density at radius 2 is 2.00 bits per heavy atom. The summed E-state index contributed by atoms with van der Waals surface area (Å²) in [6.07, 6.45) is 3.11. The molecule has 1 aliphatic heterocycles. The molecule has 8 N–H and O–H groups in total. The average molecular weight is 392 g/mol. The third kappa shape index (κ3) is 4.38. The smallest absolute Gasteiger partial charge is 0.451 e. The number of nitrogens with one attached hydrogen (secondary N) is 1. The van der Waals surface area contributed by atoms with Gasteiger partial charge < -0.3 is 26.6 Å². The molecule has 0 radical (unpaired) electrons. The zero-order valence-corrected chi connectivity index (χ0v) is 15.8. The van der Waals surface area contributed by atoms with Gasteiger partial charge in [-0.05, 0) is 38.9 Å². The molecule has 1 heterocycles. The first-order valence-corrected chi connectivity index (χ1v) is 10.3. The summed E-state index contributed by atoms with van der Waals surface area (Å²) in [4.78, 5) is 11.7. The molecule has 0 bridgehead atoms. The summed E-state index contributed by atoms with van der Waals surface area (Å²) in [6, 6.07) is -0.471. The third-order valence-corrected chi connectivity index (χ3v) is 7.43. The van der Waals surface area contributed by atoms with E-state index in [1.54, 1.807) is 6.92 Å². The molecule has 26 heavy (non-hydrogen) atoms. The maximum atomic E-state index is 12.7. The molecule has 3 atom stereocenters. The van der Waals surface area contributed by atoms with E-state index in [1.165, 1.54) is 0 Å². The molecule has 0 aromatic heterocycles. The summed E-state index contributed by atoms with van der Waals surface area (Å²) in [5.41, 5.74) is 9.90. The number of nitrogens with two attached hydrogens (primary N) is 2. The lowest BCUT2D eigenvalue weighted by atomic mass is 9.73. The first-order chi connectivity index (χ1) is 11.9. The summed E-state index contributed by atoms with van der Waals surface area (Å²) in [6.45, 7) is 1.33. The molecule has 0 unspecified atom stereocenters. The molecule has 12 heteroatoms. The van der Waals surface area contributed by atoms with E-state index in [1.807, 2.05) is 0 Å². The summed E-state index contributed by atoms with van der Waals surface area (Å²) in [5, 5.41) is 27.4. The lowest BCUT2D eigenvalue weighted by Gasteiger charge is -2.43. The van der Waals surface area contributed by atoms with Crippen LogP contribution in [0.4, 0.5) is 0 Å². The minimum absolute atomic E-state index is 0.0377. The Labute approximate surface area is 154 Å². The average Bonchev–Trinajstić information content (AvgIpc) is 2.83. The minimum Gasteiger partial charge on any atom is -0.480 e. The Kier molecular flexibility index (Phi) is 6.38. The monoisotopic (exact) mass is 392 g/mol. The highest BCUT2D eigenvalue weighted by atomic mass is 32.2. The molecule has 0 spiro atoms. The van der Waals surface area contributed by atoms with Crippen molar-refractivity contribution in [3.05, 3.63) is 0 Å². The topological polar surface area (TPSA) is 179 Å². The van der Waals surface area contributed by atoms with E-state index in [-0.39, 0.29) is 25.8 Å². The zero-order valence-electron chi connectivity index (χ0n) is 15.0. The van der Waals surface area contributed by atoms with E-state index in [0.29, 0.717) is 6.42 Å². The molecular formula is C14H29BN4O6S. The van der Waals surface area contributed by atoms with Crippen LogP contribution in [0.25, 0.3) is 0 Å². The lowest BCUT2D eigenvalue weighted by molar-refractivity contribution is -0.144. The predicted octanol–water partition coefficient (Wildman–Crippen LogP) is -1.94. The summed E-state index contributed by atoms with van der Waals surface area (Å²) < 4.78 is 29.0. The van der Waals surface area contributed by atoms with Gasteiger partial charge in [0.2, 0.25) is 0 Å². The van der Waals surface area contributed by atoms with Gasteiger partial charge in [0.05, 0.1) is 0 Å². The van der Waals surface area contributed by atoms with Gasteiger partial charge in [-0.2, -0.15) is 17.4 Å². The maximum Gasteiger partial charge on any atom is 0.451 e. The SMILES string of the molecule is C[C@H](NS(=O)(=O)N1C[C@H](CCCB(O)O)[C@](N)(C(=O)O)C1)C1(N)CCC1. The Morgan fingerprint density at radius 1 is 1.38 bits per heavy atom. The van der Waals surface area contributed by atoms with Gasteiger partial charge in [0.15, 0.2) is 0 Å². The first-order valence-electron chi connectivity index (χ1n) is 8.85. The number of carboxylic acid groups (broad SMARTS) is 1. The minimum atomic E-state index is -3.94. The highest BCUT2D eigenvalue weighted by Gasteiger charge is 2.53. The number of rotatable bonds is 9. The van der Waals surface area contributed by atoms with Crippen molar-refractivity contribution >= 4 is 23.3 Å². The Morgan fingerprint density at radius 3 is 2.46 bits per heavy atom. The molecule has 150 valence electrons. The number of aliphatic carboxylic acids is 1. The van der Waals surface area contributed by atoms with Crippen LogP contribution in [-0.4, -0.2) is 71.2 Å². The second-order valence-corrected chi connectivity index (χ2v) is 9.38. The highest BCUT2D eigenvalue weighted by Crippen LogP contribution is 2.34. The fourth-order valence-electron chi connectivity index (χ4n) is 3.65. The number of hydrogen-bond donors (Lipinski definition) is 6. The van der Waals surface area contributed by atoms with E-state index in [4.69, 9.17) is 21.5 Å². The molecule has 0 aromatic carbocycles. The molecule has 0 aromatic rings. The summed E-state index contributed by atoms with van der Waals surface area (Å²) >= 11 is 0. The van der Waals surface area contributed by atoms with Crippen LogP contribution < -0.4 is 16.2 Å². The van der Waals surface area contributed by atoms with E-state index in [2.05, 4.69) is 4.72 Å². The second-order valence-electron chi connectivity index (χ2n) is 7.68. The molecule has 2 rings (SSSR count). The van der Waals surface area contributed by atoms with Gasteiger partial charge >= 0.3 is 13.1 Å². The van der Waals surface area contributed by atoms with E-state index < -0.39 is 46.3 Å². The van der Waals surface area contributed by atoms with Gasteiger partial charge in [0, 0.05) is 30.6 Å². The van der Waals surface area contributed by atoms with Crippen LogP contribution in [0.15, 0.2) is 0 Å². The van der Waals surface area contributed by atoms with Crippen LogP contribution in [0.2, 0.25) is 6.32 Å². The Balaban J connectivity index is 2.08. The third-order valence-electron chi connectivity index (χ3n) is 5.82. The van der Waals surface area contributed by atoms with E-state index in [0.717, 1.165) is 23.6 Å². The highest BCUT2D eigenvalue weighted by molar-refractivity contribution is 7.87. The second kappa shape index (κ2) is 7.70. The van der Waals surface area contributed by atoms with Crippen molar-refractivity contribution in [3.8, 4) is 0 Å². The summed E-state index contributed by atoms with van der Waals surface area (Å²) in [5.74, 6) is -1.90. The van der Waals surface area contributed by atoms with Crippen molar-refractivity contribution in [2.24, 2.45) is 17.4 Å². The van der Waals surface area contributed by atoms with Crippen molar-refractivity contribution in [1.29, 1.82) is 0 Å². The van der Waals surface area contributed by atoms with Gasteiger partial charge in [0.25, 0.3) is 10.2 Å². The zero-order chi connectivity index (χ0) is 19.8. The number of hydrogen-bond acceptors (Lipinski definition) is 7. The molecule has 0 amide bonds. The van der Waals surface area contributed by atoms with Gasteiger partial charge in [-0.15, -0.1) is 0 Å². The lowest BCUT2D eigenvalue weighted by Crippen LogP contribution is -2.62. The van der Waals surface area contributed by atoms with Crippen LogP contribution in [0, 0.1) is 5.92 Å². The predicted molar refractivity (Wildman–Crippen MR) is 96.1 cm³/mol. The molecular weight excluding hydrogens is 363 g/mol. The summed E-state index contributed by atoms with van der Waals surface area (Å²) in [7, 11) is -5.42. The number of nitrogens with zero attached hydrogens (tertiary/aromatic N) is 1. The van der Waals surface area contributed by atoms with Crippen molar-refractivity contribution in [1.82, 2.24) is 9.03 Å². The van der Waals surface area contributed by atoms with E-state index in [9.17, 15) is 18.3 Å². The van der Waals surface area contributed by atoms with Crippen LogP contribution in [0.1, 0.15) is 39.0 Å². The molecule has 10 nitrogen and oxygen atoms in total. The van der Waals surface area contributed by atoms with Gasteiger partial charge in [-0.25, -0.2) is 0 Å². The van der Waals surface area contributed by atoms with Crippen LogP contribution in [0.5, 0.6) is 0 Å². The van der Waals surface area contributed by atoms with Crippen molar-refractivity contribution in [3.63, 3.8) is 0 Å².